The zero-order valence-corrected chi connectivity index (χ0v) is 31.3. The van der Waals surface area contributed by atoms with E-state index in [0.717, 1.165) is 29.5 Å². The SMILES string of the molecule is CC[n+]1c2n(c3ccccc31)C1(c3ccc(-c4ccccc4)cc3-c3cc(CC(C)C)c([Si](C)(C)C)c[n+]31)c1ccc3c(oc4ccccc43)c1-2. The van der Waals surface area contributed by atoms with Crippen LogP contribution in [0.2, 0.25) is 19.6 Å². The molecule has 10 rings (SSSR count). The third-order valence-corrected chi connectivity index (χ3v) is 13.5. The van der Waals surface area contributed by atoms with Gasteiger partial charge in [0.2, 0.25) is 5.69 Å². The van der Waals surface area contributed by atoms with E-state index in [1.165, 1.54) is 72.1 Å². The maximum absolute atomic E-state index is 6.92. The van der Waals surface area contributed by atoms with Gasteiger partial charge in [-0.1, -0.05) is 100 Å². The van der Waals surface area contributed by atoms with Crippen LogP contribution in [0.25, 0.3) is 66.7 Å². The van der Waals surface area contributed by atoms with Gasteiger partial charge in [-0.3, -0.25) is 0 Å². The molecule has 1 unspecified atom stereocenters. The van der Waals surface area contributed by atoms with Crippen molar-refractivity contribution in [1.82, 2.24) is 4.57 Å². The smallest absolute Gasteiger partial charge is 0.364 e. The first-order valence-electron chi connectivity index (χ1n) is 18.5. The van der Waals surface area contributed by atoms with E-state index in [-0.39, 0.29) is 0 Å². The minimum Gasteiger partial charge on any atom is -0.455 e. The van der Waals surface area contributed by atoms with E-state index in [0.29, 0.717) is 5.92 Å². The van der Waals surface area contributed by atoms with Crippen molar-refractivity contribution in [2.45, 2.75) is 59.0 Å². The lowest BCUT2D eigenvalue weighted by molar-refractivity contribution is -0.734. The summed E-state index contributed by atoms with van der Waals surface area (Å²) < 4.78 is 14.8. The largest absolute Gasteiger partial charge is 0.455 e. The molecule has 5 heteroatoms. The Kier molecular flexibility index (Phi) is 6.37. The molecule has 5 aromatic carbocycles. The molecule has 0 saturated carbocycles. The lowest BCUT2D eigenvalue weighted by atomic mass is 9.87. The third-order valence-electron chi connectivity index (χ3n) is 11.4. The van der Waals surface area contributed by atoms with Gasteiger partial charge in [0.25, 0.3) is 0 Å². The van der Waals surface area contributed by atoms with Gasteiger partial charge < -0.3 is 4.42 Å². The topological polar surface area (TPSA) is 25.8 Å². The molecular formula is C46H43N3OSi+2. The van der Waals surface area contributed by atoms with Gasteiger partial charge >= 0.3 is 11.5 Å². The van der Waals surface area contributed by atoms with Crippen molar-refractivity contribution in [2.24, 2.45) is 5.92 Å². The quantitative estimate of drug-likeness (QED) is 0.131. The lowest BCUT2D eigenvalue weighted by Crippen LogP contribution is -2.61. The van der Waals surface area contributed by atoms with Gasteiger partial charge in [0.1, 0.15) is 11.1 Å². The van der Waals surface area contributed by atoms with E-state index in [4.69, 9.17) is 4.42 Å². The summed E-state index contributed by atoms with van der Waals surface area (Å²) in [5.74, 6) is 1.77. The van der Waals surface area contributed by atoms with Gasteiger partial charge in [-0.2, -0.15) is 4.57 Å². The molecule has 4 nitrogen and oxygen atoms in total. The standard InChI is InChI=1S/C46H43N3OSi/c1-7-47-38-18-12-13-19-39(38)49-45(47)43-37(24-22-34-33-17-11-14-20-41(33)50-44(34)43)46(49)36-23-21-31(30-15-9-8-10-16-30)26-35(36)40-27-32(25-29(2)3)42(28-48(40)46)51(4,5)6/h8-24,26-29H,7,25H2,1-6H3/q+2. The van der Waals surface area contributed by atoms with Crippen molar-refractivity contribution in [3.63, 3.8) is 0 Å². The summed E-state index contributed by atoms with van der Waals surface area (Å²) in [5.41, 5.74) is 14.1. The number of para-hydroxylation sites is 3. The van der Waals surface area contributed by atoms with Gasteiger partial charge in [0.05, 0.1) is 31.3 Å². The number of imidazole rings is 1. The zero-order chi connectivity index (χ0) is 34.8. The van der Waals surface area contributed by atoms with Crippen molar-refractivity contribution in [3.05, 3.63) is 138 Å². The predicted molar refractivity (Wildman–Crippen MR) is 211 cm³/mol. The van der Waals surface area contributed by atoms with Crippen LogP contribution in [0, 0.1) is 5.92 Å². The number of rotatable bonds is 5. The molecule has 5 heterocycles. The Bertz CT molecular complexity index is 2730. The molecule has 0 fully saturated rings. The average Bonchev–Trinajstić information content (AvgIpc) is 3.83. The van der Waals surface area contributed by atoms with Crippen molar-refractivity contribution in [2.75, 3.05) is 0 Å². The highest BCUT2D eigenvalue weighted by Gasteiger charge is 2.67. The molecule has 3 aromatic heterocycles. The molecule has 8 aromatic rings. The molecule has 0 amide bonds. The van der Waals surface area contributed by atoms with E-state index in [1.54, 1.807) is 0 Å². The molecule has 0 N–H and O–H groups in total. The van der Waals surface area contributed by atoms with Crippen LogP contribution in [-0.4, -0.2) is 12.6 Å². The Morgan fingerprint density at radius 1 is 0.765 bits per heavy atom. The minimum absolute atomic E-state index is 0.561. The van der Waals surface area contributed by atoms with E-state index in [1.807, 2.05) is 0 Å². The van der Waals surface area contributed by atoms with Crippen LogP contribution < -0.4 is 14.3 Å². The van der Waals surface area contributed by atoms with E-state index >= 15 is 0 Å². The summed E-state index contributed by atoms with van der Waals surface area (Å²) in [4.78, 5) is 0. The first-order valence-corrected chi connectivity index (χ1v) is 22.0. The molecule has 250 valence electrons. The Balaban J connectivity index is 1.42. The fourth-order valence-electron chi connectivity index (χ4n) is 9.40. The fraction of sp³-hybridized carbons (Fsp3) is 0.217. The molecule has 51 heavy (non-hydrogen) atoms. The summed E-state index contributed by atoms with van der Waals surface area (Å²) >= 11 is 0. The molecular weight excluding hydrogens is 639 g/mol. The molecule has 0 bridgehead atoms. The van der Waals surface area contributed by atoms with Gasteiger partial charge in [-0.05, 0) is 78.4 Å². The summed E-state index contributed by atoms with van der Waals surface area (Å²) in [6, 6.07) is 42.8. The van der Waals surface area contributed by atoms with E-state index in [2.05, 4.69) is 176 Å². The number of pyridine rings is 1. The highest BCUT2D eigenvalue weighted by atomic mass is 28.3. The summed E-state index contributed by atoms with van der Waals surface area (Å²) in [5, 5.41) is 3.86. The second-order valence-electron chi connectivity index (χ2n) is 16.0. The van der Waals surface area contributed by atoms with Crippen LogP contribution in [0.15, 0.2) is 126 Å². The molecule has 1 atom stereocenters. The van der Waals surface area contributed by atoms with Gasteiger partial charge in [-0.25, -0.2) is 4.57 Å². The van der Waals surface area contributed by atoms with Gasteiger partial charge in [0, 0.05) is 22.0 Å². The van der Waals surface area contributed by atoms with E-state index in [9.17, 15) is 0 Å². The number of furan rings is 1. The predicted octanol–water partition coefficient (Wildman–Crippen LogP) is 9.80. The summed E-state index contributed by atoms with van der Waals surface area (Å²) in [6.07, 6.45) is 3.64. The van der Waals surface area contributed by atoms with Crippen LogP contribution >= 0.6 is 0 Å². The second kappa shape index (κ2) is 10.6. The number of aryl methyl sites for hydroxylation is 1. The van der Waals surface area contributed by atoms with Crippen LogP contribution in [0.4, 0.5) is 0 Å². The molecule has 0 radical (unpaired) electrons. The number of hydrogen-bond acceptors (Lipinski definition) is 1. The second-order valence-corrected chi connectivity index (χ2v) is 21.0. The third kappa shape index (κ3) is 4.01. The van der Waals surface area contributed by atoms with Crippen molar-refractivity contribution < 1.29 is 13.6 Å². The monoisotopic (exact) mass is 681 g/mol. The molecule has 2 aliphatic heterocycles. The number of benzene rings is 5. The van der Waals surface area contributed by atoms with Crippen molar-refractivity contribution >= 4 is 46.2 Å². The highest BCUT2D eigenvalue weighted by molar-refractivity contribution is 6.89. The van der Waals surface area contributed by atoms with Crippen LogP contribution in [-0.2, 0) is 18.6 Å². The van der Waals surface area contributed by atoms with Crippen LogP contribution in [0.3, 0.4) is 0 Å². The van der Waals surface area contributed by atoms with Crippen molar-refractivity contribution in [3.8, 4) is 33.8 Å². The Labute approximate surface area is 300 Å². The maximum Gasteiger partial charge on any atom is 0.364 e. The number of fused-ring (bicyclic) bond motifs is 16. The first kappa shape index (κ1) is 30.6. The lowest BCUT2D eigenvalue weighted by Gasteiger charge is -2.24. The Hall–Kier alpha value is -5.26. The number of aromatic nitrogens is 3. The molecule has 1 spiro atoms. The van der Waals surface area contributed by atoms with Gasteiger partial charge in [-0.15, -0.1) is 4.57 Å². The number of nitrogens with zero attached hydrogens (tertiary/aromatic N) is 3. The fourth-order valence-corrected chi connectivity index (χ4v) is 11.1. The van der Waals surface area contributed by atoms with Crippen molar-refractivity contribution in [1.29, 1.82) is 0 Å². The Morgan fingerprint density at radius 3 is 2.29 bits per heavy atom. The van der Waals surface area contributed by atoms with Crippen LogP contribution in [0.5, 0.6) is 0 Å². The zero-order valence-electron chi connectivity index (χ0n) is 30.3. The van der Waals surface area contributed by atoms with Gasteiger partial charge in [0.15, 0.2) is 22.8 Å². The molecule has 0 saturated heterocycles. The minimum atomic E-state index is -1.78. The van der Waals surface area contributed by atoms with E-state index < -0.39 is 13.7 Å². The summed E-state index contributed by atoms with van der Waals surface area (Å²) in [7, 11) is -1.78. The normalized spacial score (nSPS) is 16.1. The first-order chi connectivity index (χ1) is 24.7. The highest BCUT2D eigenvalue weighted by Crippen LogP contribution is 2.55. The molecule has 0 aliphatic carbocycles. The Morgan fingerprint density at radius 2 is 1.51 bits per heavy atom. The molecule has 2 aliphatic rings. The summed E-state index contributed by atoms with van der Waals surface area (Å²) in [6.45, 7) is 15.3. The maximum atomic E-state index is 6.92. The average molecular weight is 682 g/mol. The number of hydrogen-bond donors (Lipinski definition) is 0. The van der Waals surface area contributed by atoms with Crippen LogP contribution in [0.1, 0.15) is 37.5 Å².